The first kappa shape index (κ1) is 21.3. The van der Waals surface area contributed by atoms with Crippen LogP contribution in [0.3, 0.4) is 0 Å². The minimum atomic E-state index is -1.80. The van der Waals surface area contributed by atoms with Crippen LogP contribution in [0.4, 0.5) is 0 Å². The van der Waals surface area contributed by atoms with Crippen molar-refractivity contribution >= 4 is 37.4 Å². The minimum Gasteiger partial charge on any atom is -0.356 e. The van der Waals surface area contributed by atoms with Crippen molar-refractivity contribution in [3.63, 3.8) is 0 Å². The monoisotopic (exact) mass is 432 g/mol. The van der Waals surface area contributed by atoms with Crippen LogP contribution in [0.15, 0.2) is 24.3 Å². The predicted molar refractivity (Wildman–Crippen MR) is 112 cm³/mol. The van der Waals surface area contributed by atoms with Gasteiger partial charge in [0.15, 0.2) is 0 Å². The van der Waals surface area contributed by atoms with Crippen LogP contribution in [0, 0.1) is 17.2 Å². The Labute approximate surface area is 176 Å². The Bertz CT molecular complexity index is 870. The highest BCUT2D eigenvalue weighted by Gasteiger charge is 2.45. The first-order valence-electron chi connectivity index (χ1n) is 9.75. The standard InChI is InChI=1S/C20H25ClN4O3Si/c1-29(2)11-17(25(12-29)20(28)15-5-3-4-6-16(15)21)19(27)24-14(10-22)9-13-7-8-23-18(13)26/h3-6,13-14,17H,7-9,11-12H2,1-2H3,(H,23,26)(H,24,27)/t13-,14-,17+/m0/s1. The molecular weight excluding hydrogens is 408 g/mol. The number of carbonyl (C=O) groups is 3. The van der Waals surface area contributed by atoms with E-state index in [-0.39, 0.29) is 30.1 Å². The number of hydrogen-bond donors (Lipinski definition) is 2. The normalized spacial score (nSPS) is 23.9. The zero-order valence-electron chi connectivity index (χ0n) is 16.6. The molecule has 1 aromatic carbocycles. The fourth-order valence-electron chi connectivity index (χ4n) is 4.07. The van der Waals surface area contributed by atoms with Gasteiger partial charge >= 0.3 is 0 Å². The molecule has 2 heterocycles. The summed E-state index contributed by atoms with van der Waals surface area (Å²) >= 11 is 6.19. The van der Waals surface area contributed by atoms with E-state index >= 15 is 0 Å². The van der Waals surface area contributed by atoms with E-state index in [4.69, 9.17) is 11.6 Å². The Kier molecular flexibility index (Phi) is 6.29. The molecule has 29 heavy (non-hydrogen) atoms. The molecule has 0 unspecified atom stereocenters. The molecule has 2 aliphatic rings. The summed E-state index contributed by atoms with van der Waals surface area (Å²) in [6.07, 6.45) is 1.49. The lowest BCUT2D eigenvalue weighted by atomic mass is 9.99. The average molecular weight is 433 g/mol. The van der Waals surface area contributed by atoms with Crippen molar-refractivity contribution in [1.82, 2.24) is 15.5 Å². The number of rotatable bonds is 5. The van der Waals surface area contributed by atoms with Crippen LogP contribution in [0.5, 0.6) is 0 Å². The maximum absolute atomic E-state index is 13.1. The number of carbonyl (C=O) groups excluding carboxylic acids is 3. The maximum Gasteiger partial charge on any atom is 0.255 e. The lowest BCUT2D eigenvalue weighted by molar-refractivity contribution is -0.126. The van der Waals surface area contributed by atoms with Gasteiger partial charge in [-0.15, -0.1) is 0 Å². The molecule has 9 heteroatoms. The first-order chi connectivity index (χ1) is 13.7. The molecule has 0 spiro atoms. The molecular formula is C20H25ClN4O3Si. The van der Waals surface area contributed by atoms with Gasteiger partial charge in [0, 0.05) is 18.6 Å². The van der Waals surface area contributed by atoms with Crippen LogP contribution in [0.2, 0.25) is 24.2 Å². The van der Waals surface area contributed by atoms with Crippen molar-refractivity contribution < 1.29 is 14.4 Å². The van der Waals surface area contributed by atoms with Crippen LogP contribution < -0.4 is 10.6 Å². The Hall–Kier alpha value is -2.37. The Morgan fingerprint density at radius 3 is 2.76 bits per heavy atom. The van der Waals surface area contributed by atoms with Crippen molar-refractivity contribution in [3.05, 3.63) is 34.9 Å². The summed E-state index contributed by atoms with van der Waals surface area (Å²) in [6, 6.07) is 8.11. The molecule has 2 N–H and O–H groups in total. The van der Waals surface area contributed by atoms with Crippen LogP contribution in [0.1, 0.15) is 23.2 Å². The fraction of sp³-hybridized carbons (Fsp3) is 0.500. The van der Waals surface area contributed by atoms with Gasteiger partial charge in [0.1, 0.15) is 12.1 Å². The Morgan fingerprint density at radius 2 is 2.14 bits per heavy atom. The summed E-state index contributed by atoms with van der Waals surface area (Å²) < 4.78 is 0. The summed E-state index contributed by atoms with van der Waals surface area (Å²) in [7, 11) is -1.80. The van der Waals surface area contributed by atoms with Gasteiger partial charge in [-0.2, -0.15) is 5.26 Å². The molecule has 0 aliphatic carbocycles. The highest BCUT2D eigenvalue weighted by atomic mass is 35.5. The molecule has 154 valence electrons. The molecule has 2 saturated heterocycles. The van der Waals surface area contributed by atoms with E-state index < -0.39 is 20.2 Å². The molecule has 3 rings (SSSR count). The van der Waals surface area contributed by atoms with E-state index in [1.807, 2.05) is 0 Å². The molecule has 7 nitrogen and oxygen atoms in total. The largest absolute Gasteiger partial charge is 0.356 e. The second-order valence-corrected chi connectivity index (χ2v) is 14.0. The third kappa shape index (κ3) is 4.79. The van der Waals surface area contributed by atoms with E-state index in [1.54, 1.807) is 29.2 Å². The number of nitrogens with one attached hydrogen (secondary N) is 2. The number of halogens is 1. The van der Waals surface area contributed by atoms with E-state index in [1.165, 1.54) is 0 Å². The van der Waals surface area contributed by atoms with Gasteiger partial charge in [-0.05, 0) is 31.0 Å². The highest BCUT2D eigenvalue weighted by Crippen LogP contribution is 2.30. The number of benzene rings is 1. The van der Waals surface area contributed by atoms with Crippen LogP contribution in [-0.2, 0) is 9.59 Å². The Morgan fingerprint density at radius 1 is 1.41 bits per heavy atom. The SMILES string of the molecule is C[Si]1(C)C[C@H](C(=O)N[C@H](C#N)C[C@@H]2CCNC2=O)N(C(=O)c2ccccc2Cl)C1. The fourth-order valence-corrected chi connectivity index (χ4v) is 7.16. The highest BCUT2D eigenvalue weighted by molar-refractivity contribution is 6.79. The second kappa shape index (κ2) is 8.55. The van der Waals surface area contributed by atoms with Crippen molar-refractivity contribution in [2.24, 2.45) is 5.92 Å². The summed E-state index contributed by atoms with van der Waals surface area (Å²) in [5.41, 5.74) is 0.373. The van der Waals surface area contributed by atoms with E-state index in [0.717, 1.165) is 0 Å². The maximum atomic E-state index is 13.1. The zero-order valence-corrected chi connectivity index (χ0v) is 18.3. The Balaban J connectivity index is 1.74. The summed E-state index contributed by atoms with van der Waals surface area (Å²) in [5, 5.41) is 15.3. The van der Waals surface area contributed by atoms with Gasteiger partial charge in [0.05, 0.1) is 24.7 Å². The number of amides is 3. The number of hydrogen-bond acceptors (Lipinski definition) is 4. The third-order valence-corrected chi connectivity index (χ3v) is 8.56. The summed E-state index contributed by atoms with van der Waals surface area (Å²) in [5.74, 6) is -0.953. The molecule has 0 bridgehead atoms. The zero-order chi connectivity index (χ0) is 21.2. The van der Waals surface area contributed by atoms with Crippen molar-refractivity contribution in [2.75, 3.05) is 12.7 Å². The molecule has 2 fully saturated rings. The first-order valence-corrected chi connectivity index (χ1v) is 13.5. The van der Waals surface area contributed by atoms with Crippen molar-refractivity contribution in [3.8, 4) is 6.07 Å². The van der Waals surface area contributed by atoms with Crippen molar-refractivity contribution in [1.29, 1.82) is 5.26 Å². The molecule has 0 aromatic heterocycles. The van der Waals surface area contributed by atoms with Gasteiger partial charge in [-0.25, -0.2) is 0 Å². The van der Waals surface area contributed by atoms with Crippen LogP contribution >= 0.6 is 11.6 Å². The predicted octanol–water partition coefficient (Wildman–Crippen LogP) is 1.95. The average Bonchev–Trinajstić information content (AvgIpc) is 3.23. The summed E-state index contributed by atoms with van der Waals surface area (Å²) in [6.45, 7) is 4.87. The lowest BCUT2D eigenvalue weighted by Gasteiger charge is -2.26. The molecule has 0 saturated carbocycles. The molecule has 2 aliphatic heterocycles. The van der Waals surface area contributed by atoms with Gasteiger partial charge < -0.3 is 15.5 Å². The van der Waals surface area contributed by atoms with Gasteiger partial charge in [0.2, 0.25) is 11.8 Å². The topological polar surface area (TPSA) is 102 Å². The second-order valence-electron chi connectivity index (χ2n) is 8.50. The summed E-state index contributed by atoms with van der Waals surface area (Å²) in [4.78, 5) is 39.5. The van der Waals surface area contributed by atoms with Gasteiger partial charge in [-0.1, -0.05) is 36.8 Å². The van der Waals surface area contributed by atoms with E-state index in [9.17, 15) is 19.6 Å². The minimum absolute atomic E-state index is 0.0792. The molecule has 3 amide bonds. The molecule has 3 atom stereocenters. The van der Waals surface area contributed by atoms with Crippen molar-refractivity contribution in [2.45, 2.75) is 44.1 Å². The van der Waals surface area contributed by atoms with Crippen LogP contribution in [0.25, 0.3) is 0 Å². The molecule has 1 aromatic rings. The lowest BCUT2D eigenvalue weighted by Crippen LogP contribution is -2.49. The van der Waals surface area contributed by atoms with Crippen LogP contribution in [-0.4, -0.2) is 55.5 Å². The molecule has 0 radical (unpaired) electrons. The van der Waals surface area contributed by atoms with Gasteiger partial charge in [0.25, 0.3) is 5.91 Å². The quantitative estimate of drug-likeness (QED) is 0.694. The smallest absolute Gasteiger partial charge is 0.255 e. The van der Waals surface area contributed by atoms with E-state index in [2.05, 4.69) is 29.8 Å². The number of nitriles is 1. The van der Waals surface area contributed by atoms with E-state index in [0.29, 0.717) is 35.8 Å². The third-order valence-electron chi connectivity index (χ3n) is 5.54. The number of nitrogens with zero attached hydrogens (tertiary/aromatic N) is 2. The van der Waals surface area contributed by atoms with Gasteiger partial charge in [-0.3, -0.25) is 14.4 Å².